The van der Waals surface area contributed by atoms with E-state index in [4.69, 9.17) is 10.5 Å². The summed E-state index contributed by atoms with van der Waals surface area (Å²) in [6, 6.07) is 7.86. The first-order chi connectivity index (χ1) is 9.35. The van der Waals surface area contributed by atoms with Gasteiger partial charge in [-0.05, 0) is 25.0 Å². The molecule has 5 nitrogen and oxygen atoms in total. The van der Waals surface area contributed by atoms with E-state index in [-0.39, 0.29) is 0 Å². The molecule has 1 aromatic carbocycles. The zero-order valence-electron chi connectivity index (χ0n) is 11.0. The van der Waals surface area contributed by atoms with E-state index in [1.165, 1.54) is 19.3 Å². The van der Waals surface area contributed by atoms with E-state index in [0.29, 0.717) is 12.5 Å². The lowest BCUT2D eigenvalue weighted by Crippen LogP contribution is -2.17. The van der Waals surface area contributed by atoms with Crippen molar-refractivity contribution in [2.45, 2.75) is 31.7 Å². The number of rotatable bonds is 4. The molecule has 1 saturated carbocycles. The molecule has 1 aliphatic carbocycles. The Hall–Kier alpha value is -1.88. The van der Waals surface area contributed by atoms with Crippen LogP contribution in [0.3, 0.4) is 0 Å². The molecule has 0 bridgehead atoms. The monoisotopic (exact) mass is 258 g/mol. The van der Waals surface area contributed by atoms with Gasteiger partial charge in [0.2, 0.25) is 0 Å². The standard InChI is InChI=1S/C14H18N4O/c1-19-13-8-3-2-7-12(13)18-14(10-5-4-6-10)11(9-15)16-17-18/h2-3,7-8,10H,4-6,9,15H2,1H3. The first-order valence-corrected chi connectivity index (χ1v) is 6.63. The fourth-order valence-electron chi connectivity index (χ4n) is 2.54. The highest BCUT2D eigenvalue weighted by atomic mass is 16.5. The summed E-state index contributed by atoms with van der Waals surface area (Å²) in [6.45, 7) is 0.432. The molecule has 0 spiro atoms. The third-order valence-corrected chi connectivity index (χ3v) is 3.78. The van der Waals surface area contributed by atoms with E-state index in [2.05, 4.69) is 10.3 Å². The van der Waals surface area contributed by atoms with Gasteiger partial charge < -0.3 is 10.5 Å². The molecule has 19 heavy (non-hydrogen) atoms. The minimum Gasteiger partial charge on any atom is -0.494 e. The van der Waals surface area contributed by atoms with Gasteiger partial charge in [0.25, 0.3) is 0 Å². The van der Waals surface area contributed by atoms with E-state index in [0.717, 1.165) is 22.8 Å². The van der Waals surface area contributed by atoms with Crippen molar-refractivity contribution in [3.63, 3.8) is 0 Å². The Bertz CT molecular complexity index is 575. The van der Waals surface area contributed by atoms with Crippen molar-refractivity contribution < 1.29 is 4.74 Å². The number of benzene rings is 1. The Balaban J connectivity index is 2.11. The van der Waals surface area contributed by atoms with Crippen molar-refractivity contribution in [3.05, 3.63) is 35.7 Å². The van der Waals surface area contributed by atoms with Gasteiger partial charge in [-0.15, -0.1) is 5.10 Å². The summed E-state index contributed by atoms with van der Waals surface area (Å²) >= 11 is 0. The lowest BCUT2D eigenvalue weighted by Gasteiger charge is -2.26. The van der Waals surface area contributed by atoms with Crippen LogP contribution in [0.2, 0.25) is 0 Å². The van der Waals surface area contributed by atoms with Crippen LogP contribution in [0.4, 0.5) is 0 Å². The van der Waals surface area contributed by atoms with Crippen molar-refractivity contribution in [2.24, 2.45) is 5.73 Å². The van der Waals surface area contributed by atoms with E-state index >= 15 is 0 Å². The molecule has 0 aliphatic heterocycles. The van der Waals surface area contributed by atoms with Crippen molar-refractivity contribution in [3.8, 4) is 11.4 Å². The van der Waals surface area contributed by atoms with Gasteiger partial charge >= 0.3 is 0 Å². The van der Waals surface area contributed by atoms with Gasteiger partial charge in [0, 0.05) is 12.5 Å². The molecule has 0 saturated heterocycles. The fourth-order valence-corrected chi connectivity index (χ4v) is 2.54. The van der Waals surface area contributed by atoms with E-state index in [9.17, 15) is 0 Å². The summed E-state index contributed by atoms with van der Waals surface area (Å²) < 4.78 is 7.30. The molecule has 0 unspecified atom stereocenters. The van der Waals surface area contributed by atoms with Crippen LogP contribution >= 0.6 is 0 Å². The predicted octanol–water partition coefficient (Wildman–Crippen LogP) is 2.00. The van der Waals surface area contributed by atoms with Gasteiger partial charge in [0.15, 0.2) is 0 Å². The average Bonchev–Trinajstić information content (AvgIpc) is 2.80. The van der Waals surface area contributed by atoms with Crippen LogP contribution in [-0.2, 0) is 6.54 Å². The first kappa shape index (κ1) is 12.2. The molecule has 0 atom stereocenters. The Kier molecular flexibility index (Phi) is 3.21. The number of methoxy groups -OCH3 is 1. The lowest BCUT2D eigenvalue weighted by molar-refractivity contribution is 0.392. The summed E-state index contributed by atoms with van der Waals surface area (Å²) in [5.41, 5.74) is 8.76. The van der Waals surface area contributed by atoms with Gasteiger partial charge in [0.1, 0.15) is 17.1 Å². The highest BCUT2D eigenvalue weighted by Crippen LogP contribution is 2.39. The lowest BCUT2D eigenvalue weighted by atomic mass is 9.82. The van der Waals surface area contributed by atoms with Crippen LogP contribution in [-0.4, -0.2) is 22.1 Å². The SMILES string of the molecule is COc1ccccc1-n1nnc(CN)c1C1CCC1. The summed E-state index contributed by atoms with van der Waals surface area (Å²) in [7, 11) is 1.67. The number of nitrogens with two attached hydrogens (primary N) is 1. The summed E-state index contributed by atoms with van der Waals surface area (Å²) in [4.78, 5) is 0. The second-order valence-electron chi connectivity index (χ2n) is 4.84. The third-order valence-electron chi connectivity index (χ3n) is 3.78. The minimum atomic E-state index is 0.432. The van der Waals surface area contributed by atoms with E-state index in [1.807, 2.05) is 28.9 Å². The Morgan fingerprint density at radius 2 is 2.16 bits per heavy atom. The maximum atomic E-state index is 5.78. The number of nitrogens with zero attached hydrogens (tertiary/aromatic N) is 3. The quantitative estimate of drug-likeness (QED) is 0.911. The second-order valence-corrected chi connectivity index (χ2v) is 4.84. The maximum Gasteiger partial charge on any atom is 0.144 e. The number of aromatic nitrogens is 3. The Morgan fingerprint density at radius 1 is 1.37 bits per heavy atom. The Morgan fingerprint density at radius 3 is 2.79 bits per heavy atom. The van der Waals surface area contributed by atoms with Crippen molar-refractivity contribution in [1.29, 1.82) is 0 Å². The predicted molar refractivity (Wildman–Crippen MR) is 72.4 cm³/mol. The molecule has 2 aromatic rings. The molecular formula is C14H18N4O. The molecular weight excluding hydrogens is 240 g/mol. The van der Waals surface area contributed by atoms with Crippen LogP contribution in [0.5, 0.6) is 5.75 Å². The normalized spacial score (nSPS) is 15.3. The Labute approximate surface area is 112 Å². The van der Waals surface area contributed by atoms with Gasteiger partial charge in [-0.25, -0.2) is 4.68 Å². The number of hydrogen-bond acceptors (Lipinski definition) is 4. The highest BCUT2D eigenvalue weighted by molar-refractivity contribution is 5.47. The van der Waals surface area contributed by atoms with Crippen molar-refractivity contribution in [2.75, 3.05) is 7.11 Å². The molecule has 100 valence electrons. The van der Waals surface area contributed by atoms with Gasteiger partial charge in [0.05, 0.1) is 12.8 Å². The fraction of sp³-hybridized carbons (Fsp3) is 0.429. The van der Waals surface area contributed by atoms with Gasteiger partial charge in [-0.2, -0.15) is 0 Å². The second kappa shape index (κ2) is 5.01. The number of hydrogen-bond donors (Lipinski definition) is 1. The van der Waals surface area contributed by atoms with Crippen LogP contribution in [0.25, 0.3) is 5.69 Å². The van der Waals surface area contributed by atoms with Crippen LogP contribution in [0, 0.1) is 0 Å². The van der Waals surface area contributed by atoms with Crippen molar-refractivity contribution >= 4 is 0 Å². The molecule has 1 fully saturated rings. The highest BCUT2D eigenvalue weighted by Gasteiger charge is 2.28. The topological polar surface area (TPSA) is 66.0 Å². The number of para-hydroxylation sites is 2. The van der Waals surface area contributed by atoms with Gasteiger partial charge in [-0.1, -0.05) is 23.8 Å². The molecule has 1 aromatic heterocycles. The van der Waals surface area contributed by atoms with Crippen LogP contribution < -0.4 is 10.5 Å². The van der Waals surface area contributed by atoms with Crippen LogP contribution in [0.15, 0.2) is 24.3 Å². The zero-order valence-corrected chi connectivity index (χ0v) is 11.0. The van der Waals surface area contributed by atoms with Crippen molar-refractivity contribution in [1.82, 2.24) is 15.0 Å². The molecule has 3 rings (SSSR count). The zero-order chi connectivity index (χ0) is 13.2. The molecule has 2 N–H and O–H groups in total. The first-order valence-electron chi connectivity index (χ1n) is 6.63. The summed E-state index contributed by atoms with van der Waals surface area (Å²) in [5.74, 6) is 1.33. The largest absolute Gasteiger partial charge is 0.494 e. The average molecular weight is 258 g/mol. The molecule has 5 heteroatoms. The summed E-state index contributed by atoms with van der Waals surface area (Å²) in [6.07, 6.45) is 3.65. The maximum absolute atomic E-state index is 5.78. The molecule has 0 amide bonds. The van der Waals surface area contributed by atoms with E-state index in [1.54, 1.807) is 7.11 Å². The number of ether oxygens (including phenoxy) is 1. The molecule has 0 radical (unpaired) electrons. The third kappa shape index (κ3) is 2.00. The summed E-state index contributed by atoms with van der Waals surface area (Å²) in [5, 5.41) is 8.50. The van der Waals surface area contributed by atoms with E-state index < -0.39 is 0 Å². The van der Waals surface area contributed by atoms with Crippen LogP contribution in [0.1, 0.15) is 36.6 Å². The molecule has 1 heterocycles. The minimum absolute atomic E-state index is 0.432. The van der Waals surface area contributed by atoms with Gasteiger partial charge in [-0.3, -0.25) is 0 Å². The molecule has 1 aliphatic rings. The smallest absolute Gasteiger partial charge is 0.144 e.